The summed E-state index contributed by atoms with van der Waals surface area (Å²) >= 11 is 0. The number of nitrogens with two attached hydrogens (primary N) is 2. The van der Waals surface area contributed by atoms with Crippen LogP contribution in [-0.4, -0.2) is 31.0 Å². The zero-order valence-corrected chi connectivity index (χ0v) is 12.1. The minimum atomic E-state index is -0.814. The maximum absolute atomic E-state index is 12.6. The van der Waals surface area contributed by atoms with Gasteiger partial charge in [0.15, 0.2) is 6.10 Å². The van der Waals surface area contributed by atoms with E-state index < -0.39 is 12.0 Å². The molecule has 6 heteroatoms. The lowest BCUT2D eigenvalue weighted by atomic mass is 10.0. The Bertz CT molecular complexity index is 533. The number of rotatable bonds is 5. The van der Waals surface area contributed by atoms with Crippen LogP contribution in [0.25, 0.3) is 0 Å². The number of fused-ring (bicyclic) bond motifs is 1. The predicted octanol–water partition coefficient (Wildman–Crippen LogP) is 0.641. The summed E-state index contributed by atoms with van der Waals surface area (Å²) in [6, 6.07) is 7.16. The van der Waals surface area contributed by atoms with Crippen molar-refractivity contribution in [3.8, 4) is 5.75 Å². The number of carbonyl (C=O) groups is 2. The Morgan fingerprint density at radius 1 is 1.43 bits per heavy atom. The van der Waals surface area contributed by atoms with E-state index in [0.717, 1.165) is 12.8 Å². The van der Waals surface area contributed by atoms with Gasteiger partial charge < -0.3 is 21.1 Å². The summed E-state index contributed by atoms with van der Waals surface area (Å²) in [4.78, 5) is 25.6. The molecule has 0 spiro atoms. The average Bonchev–Trinajstić information content (AvgIpc) is 2.50. The summed E-state index contributed by atoms with van der Waals surface area (Å²) in [5, 5.41) is 0. The number of nitrogens with zero attached hydrogens (tertiary/aromatic N) is 1. The van der Waals surface area contributed by atoms with Crippen LogP contribution in [0.2, 0.25) is 0 Å². The molecule has 0 saturated heterocycles. The zero-order valence-electron chi connectivity index (χ0n) is 12.1. The Balaban J connectivity index is 2.24. The summed E-state index contributed by atoms with van der Waals surface area (Å²) in [5.41, 5.74) is 11.5. The van der Waals surface area contributed by atoms with Gasteiger partial charge in [0.25, 0.3) is 5.91 Å². The van der Waals surface area contributed by atoms with Crippen molar-refractivity contribution in [2.24, 2.45) is 17.4 Å². The lowest BCUT2D eigenvalue weighted by molar-refractivity contribution is -0.126. The molecule has 1 heterocycles. The van der Waals surface area contributed by atoms with Crippen molar-refractivity contribution in [1.82, 2.24) is 0 Å². The third kappa shape index (κ3) is 3.33. The van der Waals surface area contributed by atoms with Crippen LogP contribution >= 0.6 is 0 Å². The minimum Gasteiger partial charge on any atom is -0.477 e. The lowest BCUT2D eigenvalue weighted by Gasteiger charge is -2.34. The Labute approximate surface area is 124 Å². The van der Waals surface area contributed by atoms with Gasteiger partial charge in [-0.1, -0.05) is 19.1 Å². The molecule has 1 aliphatic rings. The Morgan fingerprint density at radius 3 is 2.81 bits per heavy atom. The fourth-order valence-electron chi connectivity index (χ4n) is 2.40. The molecule has 0 aromatic heterocycles. The molecule has 0 radical (unpaired) electrons. The molecule has 114 valence electrons. The molecular formula is C15H21N3O3. The zero-order chi connectivity index (χ0) is 15.4. The predicted molar refractivity (Wildman–Crippen MR) is 79.9 cm³/mol. The Kier molecular flexibility index (Phi) is 4.80. The van der Waals surface area contributed by atoms with Crippen molar-refractivity contribution in [2.45, 2.75) is 25.9 Å². The molecule has 0 fully saturated rings. The van der Waals surface area contributed by atoms with Gasteiger partial charge in [-0.05, 0) is 31.5 Å². The van der Waals surface area contributed by atoms with E-state index in [4.69, 9.17) is 16.2 Å². The monoisotopic (exact) mass is 291 g/mol. The number of benzene rings is 1. The highest BCUT2D eigenvalue weighted by atomic mass is 16.5. The maximum atomic E-state index is 12.6. The van der Waals surface area contributed by atoms with Gasteiger partial charge in [-0.2, -0.15) is 0 Å². The first-order chi connectivity index (χ1) is 10.0. The number of carbonyl (C=O) groups excluding carboxylic acids is 2. The molecule has 1 aromatic carbocycles. The van der Waals surface area contributed by atoms with E-state index in [2.05, 4.69) is 0 Å². The highest BCUT2D eigenvalue weighted by molar-refractivity contribution is 5.98. The molecule has 4 N–H and O–H groups in total. The van der Waals surface area contributed by atoms with Crippen LogP contribution in [0.5, 0.6) is 5.75 Å². The number of hydrogen-bond donors (Lipinski definition) is 2. The van der Waals surface area contributed by atoms with Crippen LogP contribution in [-0.2, 0) is 9.59 Å². The molecule has 2 amide bonds. The third-order valence-electron chi connectivity index (χ3n) is 3.62. The fourth-order valence-corrected chi connectivity index (χ4v) is 2.40. The van der Waals surface area contributed by atoms with Gasteiger partial charge in [0.05, 0.1) is 12.2 Å². The van der Waals surface area contributed by atoms with E-state index >= 15 is 0 Å². The van der Waals surface area contributed by atoms with Gasteiger partial charge in [0.2, 0.25) is 5.91 Å². The quantitative estimate of drug-likeness (QED) is 0.831. The number of para-hydroxylation sites is 2. The second-order valence-corrected chi connectivity index (χ2v) is 5.26. The third-order valence-corrected chi connectivity index (χ3v) is 3.62. The number of anilines is 1. The smallest absolute Gasteiger partial charge is 0.260 e. The maximum Gasteiger partial charge on any atom is 0.260 e. The SMILES string of the molecule is CC(CCCN)C(=O)N1CC(C(N)=O)Oc2ccccc21. The van der Waals surface area contributed by atoms with E-state index in [-0.39, 0.29) is 18.4 Å². The molecule has 6 nitrogen and oxygen atoms in total. The van der Waals surface area contributed by atoms with Crippen molar-refractivity contribution >= 4 is 17.5 Å². The van der Waals surface area contributed by atoms with Crippen LogP contribution in [0.3, 0.4) is 0 Å². The van der Waals surface area contributed by atoms with E-state index in [1.165, 1.54) is 0 Å². The highest BCUT2D eigenvalue weighted by Crippen LogP contribution is 2.34. The molecule has 1 aromatic rings. The van der Waals surface area contributed by atoms with Crippen LogP contribution < -0.4 is 21.1 Å². The van der Waals surface area contributed by atoms with E-state index in [0.29, 0.717) is 18.0 Å². The molecule has 0 saturated carbocycles. The summed E-state index contributed by atoms with van der Waals surface area (Å²) in [6.45, 7) is 2.58. The number of hydrogen-bond acceptors (Lipinski definition) is 4. The lowest BCUT2D eigenvalue weighted by Crippen LogP contribution is -2.50. The topological polar surface area (TPSA) is 98.7 Å². The Hall–Kier alpha value is -2.08. The van der Waals surface area contributed by atoms with Crippen molar-refractivity contribution in [3.05, 3.63) is 24.3 Å². The van der Waals surface area contributed by atoms with Crippen LogP contribution in [0.4, 0.5) is 5.69 Å². The first-order valence-electron chi connectivity index (χ1n) is 7.11. The van der Waals surface area contributed by atoms with Gasteiger partial charge in [-0.15, -0.1) is 0 Å². The molecule has 0 bridgehead atoms. The highest BCUT2D eigenvalue weighted by Gasteiger charge is 2.34. The van der Waals surface area contributed by atoms with Crippen molar-refractivity contribution in [2.75, 3.05) is 18.0 Å². The summed E-state index contributed by atoms with van der Waals surface area (Å²) in [6.07, 6.45) is 0.694. The van der Waals surface area contributed by atoms with Crippen molar-refractivity contribution in [1.29, 1.82) is 0 Å². The minimum absolute atomic E-state index is 0.0366. The van der Waals surface area contributed by atoms with Crippen LogP contribution in [0.1, 0.15) is 19.8 Å². The normalized spacial score (nSPS) is 18.6. The van der Waals surface area contributed by atoms with E-state index in [1.807, 2.05) is 13.0 Å². The van der Waals surface area contributed by atoms with E-state index in [9.17, 15) is 9.59 Å². The van der Waals surface area contributed by atoms with Gasteiger partial charge in [0.1, 0.15) is 5.75 Å². The summed E-state index contributed by atoms with van der Waals surface area (Å²) in [5.74, 6) is -0.262. The molecular weight excluding hydrogens is 270 g/mol. The summed E-state index contributed by atoms with van der Waals surface area (Å²) < 4.78 is 5.55. The van der Waals surface area contributed by atoms with Crippen LogP contribution in [0, 0.1) is 5.92 Å². The standard InChI is InChI=1S/C15H21N3O3/c1-10(5-4-8-16)15(20)18-9-13(14(17)19)21-12-7-3-2-6-11(12)18/h2-3,6-7,10,13H,4-5,8-9,16H2,1H3,(H2,17,19). The van der Waals surface area contributed by atoms with E-state index in [1.54, 1.807) is 23.1 Å². The number of ether oxygens (including phenoxy) is 1. The van der Waals surface area contributed by atoms with Gasteiger partial charge in [-0.3, -0.25) is 9.59 Å². The first kappa shape index (κ1) is 15.3. The second kappa shape index (κ2) is 6.58. The molecule has 21 heavy (non-hydrogen) atoms. The summed E-state index contributed by atoms with van der Waals surface area (Å²) in [7, 11) is 0. The number of amides is 2. The number of primary amides is 1. The van der Waals surface area contributed by atoms with Crippen molar-refractivity contribution in [3.63, 3.8) is 0 Å². The molecule has 1 aliphatic heterocycles. The van der Waals surface area contributed by atoms with Gasteiger partial charge in [-0.25, -0.2) is 0 Å². The van der Waals surface area contributed by atoms with Crippen LogP contribution in [0.15, 0.2) is 24.3 Å². The average molecular weight is 291 g/mol. The van der Waals surface area contributed by atoms with Gasteiger partial charge in [0, 0.05) is 5.92 Å². The molecule has 2 unspecified atom stereocenters. The van der Waals surface area contributed by atoms with Crippen molar-refractivity contribution < 1.29 is 14.3 Å². The molecule has 2 rings (SSSR count). The van der Waals surface area contributed by atoms with Gasteiger partial charge >= 0.3 is 0 Å². The Morgan fingerprint density at radius 2 is 2.14 bits per heavy atom. The first-order valence-corrected chi connectivity index (χ1v) is 7.11. The largest absolute Gasteiger partial charge is 0.477 e. The molecule has 2 atom stereocenters. The second-order valence-electron chi connectivity index (χ2n) is 5.26. The fraction of sp³-hybridized carbons (Fsp3) is 0.467. The molecule has 0 aliphatic carbocycles.